The Morgan fingerprint density at radius 1 is 0.944 bits per heavy atom. The Kier molecular flexibility index (Phi) is 8.49. The van der Waals surface area contributed by atoms with Crippen molar-refractivity contribution in [2.24, 2.45) is 0 Å². The van der Waals surface area contributed by atoms with Gasteiger partial charge in [-0.3, -0.25) is 0 Å². The van der Waals surface area contributed by atoms with Gasteiger partial charge in [-0.1, -0.05) is 30.8 Å². The molecule has 0 unspecified atom stereocenters. The fourth-order valence-corrected chi connectivity index (χ4v) is 11.7. The summed E-state index contributed by atoms with van der Waals surface area (Å²) in [5, 5.41) is 2.31. The summed E-state index contributed by atoms with van der Waals surface area (Å²) < 4.78 is 18.7. The van der Waals surface area contributed by atoms with Crippen molar-refractivity contribution in [2.45, 2.75) is 60.8 Å². The summed E-state index contributed by atoms with van der Waals surface area (Å²) in [6.07, 6.45) is 3.67. The van der Waals surface area contributed by atoms with Crippen LogP contribution in [0, 0.1) is 0 Å². The number of ether oxygens (including phenoxy) is 1. The van der Waals surface area contributed by atoms with Crippen LogP contribution in [0.4, 0.5) is 0 Å². The van der Waals surface area contributed by atoms with E-state index in [0.717, 1.165) is 30.4 Å². The second kappa shape index (κ2) is 8.99. The first-order chi connectivity index (χ1) is 8.75. The molecule has 1 heterocycles. The first-order valence-corrected chi connectivity index (χ1v) is 11.3. The van der Waals surface area contributed by atoms with Gasteiger partial charge in [0.25, 0.3) is 0 Å². The van der Waals surface area contributed by atoms with Crippen LogP contribution < -0.4 is 0 Å². The molecule has 1 fully saturated rings. The minimum absolute atomic E-state index is 0.0494. The summed E-state index contributed by atoms with van der Waals surface area (Å²) in [5.41, 5.74) is 0. The predicted octanol–water partition coefficient (Wildman–Crippen LogP) is 3.10. The zero-order valence-corrected chi connectivity index (χ0v) is 14.8. The molecule has 1 rings (SSSR count). The molecule has 1 aliphatic heterocycles. The van der Waals surface area contributed by atoms with E-state index in [0.29, 0.717) is 0 Å². The van der Waals surface area contributed by atoms with Gasteiger partial charge in [-0.15, -0.1) is 0 Å². The number of rotatable bonds is 8. The highest BCUT2D eigenvalue weighted by Gasteiger charge is 2.56. The zero-order valence-electron chi connectivity index (χ0n) is 12.5. The molecule has 0 saturated carbocycles. The molecule has 0 amide bonds. The van der Waals surface area contributed by atoms with Crippen LogP contribution in [0.5, 0.6) is 0 Å². The highest BCUT2D eigenvalue weighted by Crippen LogP contribution is 2.34. The molecule has 5 heteroatoms. The lowest BCUT2D eigenvalue weighted by Gasteiger charge is -2.42. The Balaban J connectivity index is 2.90. The molecule has 0 aromatic rings. The van der Waals surface area contributed by atoms with Crippen molar-refractivity contribution in [1.29, 1.82) is 0 Å². The van der Waals surface area contributed by atoms with E-state index in [-0.39, 0.29) is 3.32 Å². The van der Waals surface area contributed by atoms with Crippen molar-refractivity contribution >= 4 is 29.0 Å². The maximum absolute atomic E-state index is 6.35. The van der Waals surface area contributed by atoms with Gasteiger partial charge in [0.2, 0.25) is 0 Å². The third-order valence-corrected chi connectivity index (χ3v) is 12.2. The van der Waals surface area contributed by atoms with Crippen molar-refractivity contribution in [1.82, 2.24) is 0 Å². The van der Waals surface area contributed by atoms with Gasteiger partial charge in [-0.2, -0.15) is 0 Å². The standard InChI is InChI=1S/C5H8O.2C2H5O.2C2H5.2Al/c1-2-4-6-5-3-1;2*1-2-3;2*1-2;;/h1-4H2;2*2H2,1H3;2*1H2,2H3;;/q;2*-1;;;2*+1. The Labute approximate surface area is 122 Å². The quantitative estimate of drug-likeness (QED) is 0.642. The van der Waals surface area contributed by atoms with Crippen molar-refractivity contribution in [2.75, 3.05) is 19.8 Å². The van der Waals surface area contributed by atoms with Crippen LogP contribution in [-0.4, -0.2) is 52.1 Å². The fourth-order valence-electron chi connectivity index (χ4n) is 3.16. The van der Waals surface area contributed by atoms with Crippen LogP contribution in [0.2, 0.25) is 10.6 Å². The van der Waals surface area contributed by atoms with Gasteiger partial charge in [0.05, 0.1) is 0 Å². The van der Waals surface area contributed by atoms with Crippen molar-refractivity contribution in [3.8, 4) is 0 Å². The SMILES string of the molecule is CC[O][Al]([CH2]C)[C]1([Al]([CH2]C)[O]CC)CCCCO1. The molecule has 1 aliphatic rings. The molecule has 104 valence electrons. The van der Waals surface area contributed by atoms with E-state index in [2.05, 4.69) is 27.7 Å². The zero-order chi connectivity index (χ0) is 13.4. The molecule has 0 aromatic carbocycles. The molecule has 0 radical (unpaired) electrons. The molecule has 0 N–H and O–H groups in total. The normalized spacial score (nSPS) is 18.7. The fraction of sp³-hybridized carbons (Fsp3) is 1.00. The van der Waals surface area contributed by atoms with Gasteiger partial charge in [-0.25, -0.2) is 0 Å². The van der Waals surface area contributed by atoms with Crippen LogP contribution >= 0.6 is 0 Å². The van der Waals surface area contributed by atoms with Gasteiger partial charge in [-0.05, 0) is 26.7 Å². The topological polar surface area (TPSA) is 27.7 Å². The van der Waals surface area contributed by atoms with E-state index < -0.39 is 29.0 Å². The third-order valence-electron chi connectivity index (χ3n) is 3.90. The van der Waals surface area contributed by atoms with Crippen molar-refractivity contribution < 1.29 is 12.3 Å². The van der Waals surface area contributed by atoms with E-state index in [4.69, 9.17) is 12.3 Å². The molecule has 0 atom stereocenters. The lowest BCUT2D eigenvalue weighted by Crippen LogP contribution is -2.62. The molecule has 18 heavy (non-hydrogen) atoms. The predicted molar refractivity (Wildman–Crippen MR) is 78.3 cm³/mol. The maximum atomic E-state index is 6.35. The lowest BCUT2D eigenvalue weighted by atomic mass is 10.2. The molecule has 3 nitrogen and oxygen atoms in total. The summed E-state index contributed by atoms with van der Waals surface area (Å²) in [6.45, 7) is 11.3. The summed E-state index contributed by atoms with van der Waals surface area (Å²) in [4.78, 5) is 0. The van der Waals surface area contributed by atoms with Crippen molar-refractivity contribution in [3.63, 3.8) is 0 Å². The molecular formula is C13H28Al2O3. The van der Waals surface area contributed by atoms with Gasteiger partial charge in [0.1, 0.15) is 0 Å². The van der Waals surface area contributed by atoms with E-state index in [1.165, 1.54) is 19.3 Å². The average molecular weight is 286 g/mol. The number of hydrogen-bond acceptors (Lipinski definition) is 3. The second-order valence-electron chi connectivity index (χ2n) is 4.96. The minimum atomic E-state index is -1.32. The minimum Gasteiger partial charge on any atom is -0.500 e. The molecular weight excluding hydrogens is 258 g/mol. The summed E-state index contributed by atoms with van der Waals surface area (Å²) in [6, 6.07) is 0. The Morgan fingerprint density at radius 3 is 1.83 bits per heavy atom. The molecule has 0 spiro atoms. The van der Waals surface area contributed by atoms with Gasteiger partial charge < -0.3 is 12.3 Å². The van der Waals surface area contributed by atoms with Crippen LogP contribution in [0.1, 0.15) is 47.0 Å². The van der Waals surface area contributed by atoms with Crippen LogP contribution in [0.25, 0.3) is 0 Å². The molecule has 1 saturated heterocycles. The first-order valence-electron chi connectivity index (χ1n) is 7.62. The van der Waals surface area contributed by atoms with Crippen LogP contribution in [0.15, 0.2) is 0 Å². The van der Waals surface area contributed by atoms with E-state index >= 15 is 0 Å². The lowest BCUT2D eigenvalue weighted by molar-refractivity contribution is 0.00451. The Hall–Kier alpha value is 0.945. The van der Waals surface area contributed by atoms with Gasteiger partial charge >= 0.3 is 29.0 Å². The average Bonchev–Trinajstić information content (AvgIpc) is 2.42. The van der Waals surface area contributed by atoms with Crippen molar-refractivity contribution in [3.05, 3.63) is 0 Å². The summed E-state index contributed by atoms with van der Waals surface area (Å²) >= 11 is -2.65. The maximum Gasteiger partial charge on any atom is 0.483 e. The summed E-state index contributed by atoms with van der Waals surface area (Å²) in [7, 11) is 0. The highest BCUT2D eigenvalue weighted by atomic mass is 27.3. The van der Waals surface area contributed by atoms with E-state index in [9.17, 15) is 0 Å². The largest absolute Gasteiger partial charge is 0.500 e. The second-order valence-corrected chi connectivity index (χ2v) is 11.8. The smallest absolute Gasteiger partial charge is 0.483 e. The molecule has 0 bridgehead atoms. The van der Waals surface area contributed by atoms with Gasteiger partial charge in [0, 0.05) is 23.1 Å². The van der Waals surface area contributed by atoms with Crippen LogP contribution in [-0.2, 0) is 12.3 Å². The highest BCUT2D eigenvalue weighted by molar-refractivity contribution is 6.76. The summed E-state index contributed by atoms with van der Waals surface area (Å²) in [5.74, 6) is 0. The van der Waals surface area contributed by atoms with Crippen LogP contribution in [0.3, 0.4) is 0 Å². The Morgan fingerprint density at radius 2 is 1.50 bits per heavy atom. The van der Waals surface area contributed by atoms with E-state index in [1.807, 2.05) is 0 Å². The third kappa shape index (κ3) is 3.97. The monoisotopic (exact) mass is 286 g/mol. The number of hydrogen-bond donors (Lipinski definition) is 0. The Bertz CT molecular complexity index is 204. The first kappa shape index (κ1) is 17.0. The molecule has 0 aromatic heterocycles. The van der Waals surface area contributed by atoms with E-state index in [1.54, 1.807) is 0 Å². The molecule has 0 aliphatic carbocycles. The van der Waals surface area contributed by atoms with Gasteiger partial charge in [0.15, 0.2) is 0 Å².